The van der Waals surface area contributed by atoms with Crippen molar-refractivity contribution in [3.63, 3.8) is 0 Å². The summed E-state index contributed by atoms with van der Waals surface area (Å²) >= 11 is 0. The fraction of sp³-hybridized carbons (Fsp3) is 0.533. The van der Waals surface area contributed by atoms with E-state index in [1.165, 1.54) is 20.1 Å². The van der Waals surface area contributed by atoms with E-state index in [1.807, 2.05) is 6.92 Å². The largest absolute Gasteiger partial charge is 0.495 e. The molecule has 0 aromatic heterocycles. The number of carbonyl (C=O) groups is 1. The molecule has 1 aromatic carbocycles. The van der Waals surface area contributed by atoms with Crippen molar-refractivity contribution in [1.82, 2.24) is 10.0 Å². The molecule has 1 unspecified atom stereocenters. The number of hydrogen-bond acceptors (Lipinski definition) is 4. The van der Waals surface area contributed by atoms with Gasteiger partial charge in [0.2, 0.25) is 15.9 Å². The number of amides is 1. The van der Waals surface area contributed by atoms with Gasteiger partial charge in [-0.05, 0) is 31.5 Å². The van der Waals surface area contributed by atoms with E-state index in [1.54, 1.807) is 0 Å². The Bertz CT molecular complexity index is 634. The van der Waals surface area contributed by atoms with Gasteiger partial charge < -0.3 is 10.1 Å². The van der Waals surface area contributed by atoms with Crippen molar-refractivity contribution in [2.75, 3.05) is 13.7 Å². The van der Waals surface area contributed by atoms with Gasteiger partial charge in [0.25, 0.3) is 0 Å². The second-order valence-corrected chi connectivity index (χ2v) is 6.82. The molecule has 0 bridgehead atoms. The van der Waals surface area contributed by atoms with Gasteiger partial charge in [-0.3, -0.25) is 4.79 Å². The molecule has 1 atom stereocenters. The summed E-state index contributed by atoms with van der Waals surface area (Å²) in [4.78, 5) is 11.6. The summed E-state index contributed by atoms with van der Waals surface area (Å²) in [5.74, 6) is -1.13. The average Bonchev–Trinajstić information content (AvgIpc) is 2.50. The Hall–Kier alpha value is -1.67. The van der Waals surface area contributed by atoms with Gasteiger partial charge in [-0.1, -0.05) is 19.8 Å². The highest BCUT2D eigenvalue weighted by Gasteiger charge is 2.25. The van der Waals surface area contributed by atoms with Crippen LogP contribution in [0.2, 0.25) is 0 Å². The molecule has 1 rings (SSSR count). The van der Waals surface area contributed by atoms with E-state index in [0.29, 0.717) is 6.54 Å². The molecule has 8 heteroatoms. The van der Waals surface area contributed by atoms with Crippen molar-refractivity contribution >= 4 is 15.9 Å². The van der Waals surface area contributed by atoms with Crippen LogP contribution in [0.25, 0.3) is 0 Å². The van der Waals surface area contributed by atoms with Gasteiger partial charge >= 0.3 is 0 Å². The lowest BCUT2D eigenvalue weighted by Crippen LogP contribution is -2.45. The number of carbonyl (C=O) groups excluding carboxylic acids is 1. The smallest absolute Gasteiger partial charge is 0.245 e. The lowest BCUT2D eigenvalue weighted by molar-refractivity contribution is -0.122. The summed E-state index contributed by atoms with van der Waals surface area (Å²) in [6.07, 6.45) is 2.84. The van der Waals surface area contributed by atoms with Crippen LogP contribution in [0.5, 0.6) is 5.75 Å². The number of methoxy groups -OCH3 is 1. The van der Waals surface area contributed by atoms with Gasteiger partial charge in [-0.25, -0.2) is 12.8 Å². The Labute approximate surface area is 136 Å². The minimum atomic E-state index is -4.08. The van der Waals surface area contributed by atoms with E-state index in [-0.39, 0.29) is 10.6 Å². The molecular weight excluding hydrogens is 323 g/mol. The average molecular weight is 346 g/mol. The first-order valence-corrected chi connectivity index (χ1v) is 8.93. The lowest BCUT2D eigenvalue weighted by Gasteiger charge is -2.16. The van der Waals surface area contributed by atoms with Gasteiger partial charge in [0.1, 0.15) is 16.5 Å². The Balaban J connectivity index is 2.78. The molecule has 6 nitrogen and oxygen atoms in total. The third kappa shape index (κ3) is 5.80. The second kappa shape index (κ2) is 8.83. The lowest BCUT2D eigenvalue weighted by atomic mass is 10.2. The van der Waals surface area contributed by atoms with E-state index < -0.39 is 27.8 Å². The topological polar surface area (TPSA) is 84.5 Å². The fourth-order valence-electron chi connectivity index (χ4n) is 1.95. The normalized spacial score (nSPS) is 12.7. The Morgan fingerprint density at radius 2 is 2.04 bits per heavy atom. The minimum Gasteiger partial charge on any atom is -0.495 e. The van der Waals surface area contributed by atoms with Crippen LogP contribution in [0.15, 0.2) is 23.1 Å². The molecule has 0 heterocycles. The van der Waals surface area contributed by atoms with Crippen molar-refractivity contribution in [3.8, 4) is 5.75 Å². The van der Waals surface area contributed by atoms with Gasteiger partial charge in [-0.15, -0.1) is 0 Å². The third-order valence-electron chi connectivity index (χ3n) is 3.22. The first-order valence-electron chi connectivity index (χ1n) is 7.45. The summed E-state index contributed by atoms with van der Waals surface area (Å²) < 4.78 is 45.1. The number of nitrogens with one attached hydrogen (secondary N) is 2. The summed E-state index contributed by atoms with van der Waals surface area (Å²) in [5, 5.41) is 2.66. The zero-order valence-corrected chi connectivity index (χ0v) is 14.4. The number of ether oxygens (including phenoxy) is 1. The van der Waals surface area contributed by atoms with Crippen LogP contribution in [0.1, 0.15) is 33.1 Å². The van der Waals surface area contributed by atoms with Crippen LogP contribution in [-0.2, 0) is 14.8 Å². The highest BCUT2D eigenvalue weighted by Crippen LogP contribution is 2.24. The van der Waals surface area contributed by atoms with Crippen molar-refractivity contribution in [2.45, 2.75) is 44.0 Å². The van der Waals surface area contributed by atoms with Crippen LogP contribution in [0.3, 0.4) is 0 Å². The van der Waals surface area contributed by atoms with Gasteiger partial charge in [0.15, 0.2) is 0 Å². The first kappa shape index (κ1) is 19.4. The predicted octanol–water partition coefficient (Wildman–Crippen LogP) is 1.81. The number of hydrogen-bond donors (Lipinski definition) is 2. The Morgan fingerprint density at radius 3 is 2.65 bits per heavy atom. The van der Waals surface area contributed by atoms with Crippen molar-refractivity contribution in [3.05, 3.63) is 24.0 Å². The fourth-order valence-corrected chi connectivity index (χ4v) is 3.33. The number of rotatable bonds is 9. The molecule has 0 spiro atoms. The summed E-state index contributed by atoms with van der Waals surface area (Å²) in [6, 6.07) is 2.20. The van der Waals surface area contributed by atoms with Crippen LogP contribution < -0.4 is 14.8 Å². The standard InChI is InChI=1S/C15H23FN2O4S/c1-4-5-6-9-17-15(19)11(2)18-23(20,21)14-10-12(16)7-8-13(14)22-3/h7-8,10-11,18H,4-6,9H2,1-3H3,(H,17,19). The van der Waals surface area contributed by atoms with E-state index in [0.717, 1.165) is 31.4 Å². The summed E-state index contributed by atoms with van der Waals surface area (Å²) in [5.41, 5.74) is 0. The zero-order valence-electron chi connectivity index (χ0n) is 13.6. The summed E-state index contributed by atoms with van der Waals surface area (Å²) in [7, 11) is -2.79. The van der Waals surface area contributed by atoms with Gasteiger partial charge in [0.05, 0.1) is 13.2 Å². The Kier molecular flexibility index (Phi) is 7.44. The molecule has 0 aliphatic heterocycles. The highest BCUT2D eigenvalue weighted by atomic mass is 32.2. The number of unbranched alkanes of at least 4 members (excludes halogenated alkanes) is 2. The second-order valence-electron chi connectivity index (χ2n) is 5.14. The molecule has 2 N–H and O–H groups in total. The molecule has 0 radical (unpaired) electrons. The van der Waals surface area contributed by atoms with Crippen LogP contribution >= 0.6 is 0 Å². The molecule has 0 aliphatic carbocycles. The maximum absolute atomic E-state index is 13.3. The van der Waals surface area contributed by atoms with Crippen LogP contribution in [-0.4, -0.2) is 34.0 Å². The molecule has 1 amide bonds. The predicted molar refractivity (Wildman–Crippen MR) is 85.3 cm³/mol. The summed E-state index contributed by atoms with van der Waals surface area (Å²) in [6.45, 7) is 3.96. The molecule has 0 fully saturated rings. The van der Waals surface area contributed by atoms with Crippen LogP contribution in [0.4, 0.5) is 4.39 Å². The maximum atomic E-state index is 13.3. The van der Waals surface area contributed by atoms with E-state index >= 15 is 0 Å². The molecular formula is C15H23FN2O4S. The molecule has 0 saturated carbocycles. The van der Waals surface area contributed by atoms with Crippen molar-refractivity contribution in [2.24, 2.45) is 0 Å². The Morgan fingerprint density at radius 1 is 1.35 bits per heavy atom. The molecule has 0 aliphatic rings. The zero-order chi connectivity index (χ0) is 17.5. The monoisotopic (exact) mass is 346 g/mol. The first-order chi connectivity index (χ1) is 10.8. The molecule has 0 saturated heterocycles. The van der Waals surface area contributed by atoms with E-state index in [4.69, 9.17) is 4.74 Å². The van der Waals surface area contributed by atoms with Crippen molar-refractivity contribution in [1.29, 1.82) is 0 Å². The minimum absolute atomic E-state index is 0.00875. The number of halogens is 1. The SMILES string of the molecule is CCCCCNC(=O)C(C)NS(=O)(=O)c1cc(F)ccc1OC. The van der Waals surface area contributed by atoms with Gasteiger partial charge in [-0.2, -0.15) is 4.72 Å². The van der Waals surface area contributed by atoms with E-state index in [2.05, 4.69) is 10.0 Å². The third-order valence-corrected chi connectivity index (χ3v) is 4.78. The maximum Gasteiger partial charge on any atom is 0.245 e. The van der Waals surface area contributed by atoms with E-state index in [9.17, 15) is 17.6 Å². The molecule has 23 heavy (non-hydrogen) atoms. The molecule has 1 aromatic rings. The van der Waals surface area contributed by atoms with Crippen LogP contribution in [0, 0.1) is 5.82 Å². The highest BCUT2D eigenvalue weighted by molar-refractivity contribution is 7.89. The van der Waals surface area contributed by atoms with Crippen molar-refractivity contribution < 1.29 is 22.3 Å². The quantitative estimate of drug-likeness (QED) is 0.668. The van der Waals surface area contributed by atoms with Gasteiger partial charge in [0, 0.05) is 6.54 Å². The number of benzene rings is 1. The number of sulfonamides is 1. The molecule has 130 valence electrons.